The molecule has 2 aliphatic heterocycles. The second kappa shape index (κ2) is 7.88. The van der Waals surface area contributed by atoms with Gasteiger partial charge in [0.05, 0.1) is 6.61 Å². The second-order valence-corrected chi connectivity index (χ2v) is 8.08. The van der Waals surface area contributed by atoms with E-state index in [1.807, 2.05) is 17.0 Å². The van der Waals surface area contributed by atoms with Crippen LogP contribution in [0, 0.1) is 11.8 Å². The molecule has 30 heavy (non-hydrogen) atoms. The van der Waals surface area contributed by atoms with Gasteiger partial charge in [-0.25, -0.2) is 4.98 Å². The van der Waals surface area contributed by atoms with E-state index in [0.29, 0.717) is 24.3 Å². The van der Waals surface area contributed by atoms with Crippen LogP contribution in [0.2, 0.25) is 0 Å². The van der Waals surface area contributed by atoms with E-state index in [1.54, 1.807) is 18.3 Å². The SMILES string of the molecule is O=C1COCc2cc(/C=C/C(=O)N3CC4C=C(c5ccccc5)CC4C3)cnc2N1. The van der Waals surface area contributed by atoms with Crippen LogP contribution in [0.3, 0.4) is 0 Å². The average molecular weight is 401 g/mol. The Balaban J connectivity index is 1.23. The quantitative estimate of drug-likeness (QED) is 0.803. The zero-order chi connectivity index (χ0) is 20.5. The van der Waals surface area contributed by atoms with Crippen molar-refractivity contribution in [1.29, 1.82) is 0 Å². The number of fused-ring (bicyclic) bond motifs is 2. The molecule has 1 aromatic carbocycles. The number of likely N-dealkylation sites (tertiary alicyclic amines) is 1. The minimum Gasteiger partial charge on any atom is -0.367 e. The minimum absolute atomic E-state index is 0.0255. The molecule has 0 spiro atoms. The smallest absolute Gasteiger partial charge is 0.251 e. The Morgan fingerprint density at radius 3 is 2.90 bits per heavy atom. The second-order valence-electron chi connectivity index (χ2n) is 8.08. The molecule has 6 heteroatoms. The number of hydrogen-bond donors (Lipinski definition) is 1. The predicted octanol–water partition coefficient (Wildman–Crippen LogP) is 3.13. The monoisotopic (exact) mass is 401 g/mol. The molecular weight excluding hydrogens is 378 g/mol. The largest absolute Gasteiger partial charge is 0.367 e. The number of amides is 2. The van der Waals surface area contributed by atoms with Crippen molar-refractivity contribution < 1.29 is 14.3 Å². The first-order valence-electron chi connectivity index (χ1n) is 10.3. The number of pyridine rings is 1. The van der Waals surface area contributed by atoms with E-state index in [0.717, 1.165) is 30.6 Å². The predicted molar refractivity (Wildman–Crippen MR) is 114 cm³/mol. The lowest BCUT2D eigenvalue weighted by molar-refractivity contribution is -0.125. The van der Waals surface area contributed by atoms with E-state index in [4.69, 9.17) is 4.74 Å². The van der Waals surface area contributed by atoms with Crippen LogP contribution in [0.15, 0.2) is 54.7 Å². The number of ether oxygens (including phenoxy) is 1. The van der Waals surface area contributed by atoms with Gasteiger partial charge in [-0.15, -0.1) is 0 Å². The molecule has 2 amide bonds. The molecule has 3 heterocycles. The third-order valence-electron chi connectivity index (χ3n) is 6.00. The summed E-state index contributed by atoms with van der Waals surface area (Å²) in [7, 11) is 0. The molecule has 0 radical (unpaired) electrons. The summed E-state index contributed by atoms with van der Waals surface area (Å²) in [5, 5.41) is 2.72. The number of carbonyl (C=O) groups excluding carboxylic acids is 2. The molecule has 0 bridgehead atoms. The van der Waals surface area contributed by atoms with Crippen LogP contribution < -0.4 is 5.32 Å². The third-order valence-corrected chi connectivity index (χ3v) is 6.00. The Hall–Kier alpha value is -3.25. The first-order chi connectivity index (χ1) is 14.7. The molecule has 1 aliphatic carbocycles. The van der Waals surface area contributed by atoms with Gasteiger partial charge in [0, 0.05) is 30.9 Å². The summed E-state index contributed by atoms with van der Waals surface area (Å²) in [5.74, 6) is 1.29. The Morgan fingerprint density at radius 2 is 2.07 bits per heavy atom. The Kier molecular flexibility index (Phi) is 4.93. The highest BCUT2D eigenvalue weighted by Gasteiger charge is 2.37. The van der Waals surface area contributed by atoms with Crippen LogP contribution in [0.5, 0.6) is 0 Å². The molecule has 1 fully saturated rings. The highest BCUT2D eigenvalue weighted by Crippen LogP contribution is 2.40. The lowest BCUT2D eigenvalue weighted by Crippen LogP contribution is -2.27. The molecule has 5 rings (SSSR count). The van der Waals surface area contributed by atoms with Gasteiger partial charge in [-0.1, -0.05) is 36.4 Å². The number of carbonyl (C=O) groups is 2. The van der Waals surface area contributed by atoms with Crippen molar-refractivity contribution in [3.8, 4) is 0 Å². The summed E-state index contributed by atoms with van der Waals surface area (Å²) in [5.41, 5.74) is 4.32. The molecule has 1 N–H and O–H groups in total. The number of nitrogens with one attached hydrogen (secondary N) is 1. The van der Waals surface area contributed by atoms with Gasteiger partial charge in [0.25, 0.3) is 5.91 Å². The summed E-state index contributed by atoms with van der Waals surface area (Å²) >= 11 is 0. The highest BCUT2D eigenvalue weighted by molar-refractivity contribution is 5.93. The molecule has 152 valence electrons. The van der Waals surface area contributed by atoms with Gasteiger partial charge in [0.1, 0.15) is 12.4 Å². The van der Waals surface area contributed by atoms with Crippen molar-refractivity contribution in [2.24, 2.45) is 11.8 Å². The van der Waals surface area contributed by atoms with Crippen molar-refractivity contribution in [3.05, 3.63) is 71.4 Å². The van der Waals surface area contributed by atoms with Crippen molar-refractivity contribution in [1.82, 2.24) is 9.88 Å². The number of rotatable bonds is 3. The lowest BCUT2D eigenvalue weighted by atomic mass is 9.98. The van der Waals surface area contributed by atoms with E-state index in [2.05, 4.69) is 40.6 Å². The maximum atomic E-state index is 12.7. The van der Waals surface area contributed by atoms with Crippen LogP contribution in [0.25, 0.3) is 11.6 Å². The van der Waals surface area contributed by atoms with Crippen molar-refractivity contribution in [2.75, 3.05) is 25.0 Å². The third kappa shape index (κ3) is 3.78. The van der Waals surface area contributed by atoms with Gasteiger partial charge >= 0.3 is 0 Å². The summed E-state index contributed by atoms with van der Waals surface area (Å²) in [6, 6.07) is 12.4. The first kappa shape index (κ1) is 18.8. The van der Waals surface area contributed by atoms with Crippen LogP contribution in [0.1, 0.15) is 23.1 Å². The molecule has 2 atom stereocenters. The Bertz CT molecular complexity index is 1040. The fourth-order valence-corrected chi connectivity index (χ4v) is 4.49. The number of benzene rings is 1. The summed E-state index contributed by atoms with van der Waals surface area (Å²) in [6.45, 7) is 1.91. The van der Waals surface area contributed by atoms with E-state index in [-0.39, 0.29) is 18.4 Å². The Labute approximate surface area is 175 Å². The van der Waals surface area contributed by atoms with Gasteiger partial charge in [-0.3, -0.25) is 9.59 Å². The molecule has 2 unspecified atom stereocenters. The van der Waals surface area contributed by atoms with Crippen LogP contribution in [-0.2, 0) is 20.9 Å². The number of allylic oxidation sites excluding steroid dienone is 1. The summed E-state index contributed by atoms with van der Waals surface area (Å²) < 4.78 is 5.32. The lowest BCUT2D eigenvalue weighted by Gasteiger charge is -2.15. The van der Waals surface area contributed by atoms with Crippen LogP contribution in [-0.4, -0.2) is 41.4 Å². The standard InChI is InChI=1S/C24H23N3O3/c28-22-15-30-14-21-8-16(11-25-24(21)26-22)6-7-23(29)27-12-19-9-18(10-20(19)13-27)17-4-2-1-3-5-17/h1-9,11,19-20H,10,12-15H2,(H,25,26,28)/b7-6+. The van der Waals surface area contributed by atoms with Gasteiger partial charge in [0.2, 0.25) is 5.91 Å². The van der Waals surface area contributed by atoms with E-state index >= 15 is 0 Å². The van der Waals surface area contributed by atoms with Crippen molar-refractivity contribution >= 4 is 29.3 Å². The van der Waals surface area contributed by atoms with E-state index < -0.39 is 0 Å². The normalized spacial score (nSPS) is 23.0. The molecule has 0 saturated carbocycles. The van der Waals surface area contributed by atoms with Gasteiger partial charge in [-0.05, 0) is 47.1 Å². The Morgan fingerprint density at radius 1 is 1.20 bits per heavy atom. The maximum Gasteiger partial charge on any atom is 0.251 e. The zero-order valence-corrected chi connectivity index (χ0v) is 16.6. The van der Waals surface area contributed by atoms with Gasteiger partial charge < -0.3 is 15.0 Å². The zero-order valence-electron chi connectivity index (χ0n) is 16.6. The van der Waals surface area contributed by atoms with Crippen molar-refractivity contribution in [3.63, 3.8) is 0 Å². The first-order valence-corrected chi connectivity index (χ1v) is 10.3. The molecule has 1 saturated heterocycles. The fourth-order valence-electron chi connectivity index (χ4n) is 4.49. The van der Waals surface area contributed by atoms with Gasteiger partial charge in [-0.2, -0.15) is 0 Å². The fraction of sp³-hybridized carbons (Fsp3) is 0.292. The molecule has 1 aromatic heterocycles. The summed E-state index contributed by atoms with van der Waals surface area (Å²) in [4.78, 5) is 30.5. The van der Waals surface area contributed by atoms with Crippen LogP contribution >= 0.6 is 0 Å². The molecule has 3 aliphatic rings. The number of nitrogens with zero attached hydrogens (tertiary/aromatic N) is 2. The number of aromatic nitrogens is 1. The number of anilines is 1. The summed E-state index contributed by atoms with van der Waals surface area (Å²) in [6.07, 6.45) is 8.43. The van der Waals surface area contributed by atoms with E-state index in [9.17, 15) is 9.59 Å². The highest BCUT2D eigenvalue weighted by atomic mass is 16.5. The average Bonchev–Trinajstić information content (AvgIpc) is 3.28. The van der Waals surface area contributed by atoms with Crippen LogP contribution in [0.4, 0.5) is 5.82 Å². The minimum atomic E-state index is -0.205. The maximum absolute atomic E-state index is 12.7. The molecule has 6 nitrogen and oxygen atoms in total. The topological polar surface area (TPSA) is 71.5 Å². The van der Waals surface area contributed by atoms with E-state index in [1.165, 1.54) is 11.1 Å². The van der Waals surface area contributed by atoms with Crippen molar-refractivity contribution in [2.45, 2.75) is 13.0 Å². The van der Waals surface area contributed by atoms with Gasteiger partial charge in [0.15, 0.2) is 0 Å². The molecule has 2 aromatic rings. The number of hydrogen-bond acceptors (Lipinski definition) is 4. The molecular formula is C24H23N3O3.